The molecule has 140 valence electrons. The first-order valence-electron chi connectivity index (χ1n) is 9.11. The summed E-state index contributed by atoms with van der Waals surface area (Å²) in [6.07, 6.45) is 2.17. The zero-order valence-corrected chi connectivity index (χ0v) is 15.7. The molecule has 0 bridgehead atoms. The van der Waals surface area contributed by atoms with Crippen molar-refractivity contribution in [3.05, 3.63) is 18.2 Å². The van der Waals surface area contributed by atoms with Gasteiger partial charge < -0.3 is 25.0 Å². The molecular weight excluding hydrogens is 352 g/mol. The lowest BCUT2D eigenvalue weighted by Gasteiger charge is -2.25. The summed E-state index contributed by atoms with van der Waals surface area (Å²) in [7, 11) is 0. The van der Waals surface area contributed by atoms with Crippen molar-refractivity contribution >= 4 is 38.4 Å². The molecule has 1 aromatic carbocycles. The summed E-state index contributed by atoms with van der Waals surface area (Å²) < 4.78 is 12.1. The summed E-state index contributed by atoms with van der Waals surface area (Å²) in [5.74, 6) is 0. The van der Waals surface area contributed by atoms with Crippen LogP contribution in [-0.4, -0.2) is 56.1 Å². The van der Waals surface area contributed by atoms with Gasteiger partial charge in [0.05, 0.1) is 35.6 Å². The Labute approximate surface area is 156 Å². The van der Waals surface area contributed by atoms with Gasteiger partial charge >= 0.3 is 6.03 Å². The third-order valence-corrected chi connectivity index (χ3v) is 5.88. The Bertz CT molecular complexity index is 769. The number of benzene rings is 1. The summed E-state index contributed by atoms with van der Waals surface area (Å²) in [5.41, 5.74) is 1.72. The van der Waals surface area contributed by atoms with Crippen LogP contribution in [0.15, 0.2) is 18.2 Å². The van der Waals surface area contributed by atoms with Crippen LogP contribution in [0.3, 0.4) is 0 Å². The number of fused-ring (bicyclic) bond motifs is 1. The van der Waals surface area contributed by atoms with Crippen molar-refractivity contribution in [3.63, 3.8) is 0 Å². The van der Waals surface area contributed by atoms with Gasteiger partial charge in [0, 0.05) is 25.4 Å². The van der Waals surface area contributed by atoms with Crippen LogP contribution in [0.1, 0.15) is 19.8 Å². The molecule has 2 aromatic rings. The molecule has 26 heavy (non-hydrogen) atoms. The van der Waals surface area contributed by atoms with Crippen LogP contribution >= 0.6 is 11.3 Å². The molecule has 4 rings (SSSR count). The lowest BCUT2D eigenvalue weighted by molar-refractivity contribution is 0.0868. The number of rotatable bonds is 4. The van der Waals surface area contributed by atoms with E-state index in [9.17, 15) is 4.79 Å². The molecule has 0 spiro atoms. The minimum atomic E-state index is -0.203. The first kappa shape index (κ1) is 17.5. The number of anilines is 2. The summed E-state index contributed by atoms with van der Waals surface area (Å²) in [6.45, 7) is 5.99. The highest BCUT2D eigenvalue weighted by Gasteiger charge is 2.23. The van der Waals surface area contributed by atoms with Gasteiger partial charge in [0.15, 0.2) is 5.13 Å². The minimum absolute atomic E-state index is 0.00226. The van der Waals surface area contributed by atoms with Gasteiger partial charge in [-0.1, -0.05) is 11.3 Å². The number of hydrogen-bond acceptors (Lipinski definition) is 6. The second kappa shape index (κ2) is 7.77. The maximum Gasteiger partial charge on any atom is 0.319 e. The van der Waals surface area contributed by atoms with E-state index in [2.05, 4.69) is 15.5 Å². The van der Waals surface area contributed by atoms with Crippen molar-refractivity contribution in [1.29, 1.82) is 0 Å². The van der Waals surface area contributed by atoms with Crippen LogP contribution in [0.5, 0.6) is 0 Å². The number of nitrogens with zero attached hydrogens (tertiary/aromatic N) is 2. The van der Waals surface area contributed by atoms with Gasteiger partial charge in [-0.3, -0.25) is 0 Å². The number of ether oxygens (including phenoxy) is 2. The lowest BCUT2D eigenvalue weighted by Crippen LogP contribution is -2.42. The lowest BCUT2D eigenvalue weighted by atomic mass is 10.1. The largest absolute Gasteiger partial charge is 0.378 e. The Hall–Kier alpha value is -1.90. The van der Waals surface area contributed by atoms with Crippen LogP contribution in [0, 0.1) is 0 Å². The Morgan fingerprint density at radius 3 is 2.96 bits per heavy atom. The Morgan fingerprint density at radius 1 is 1.35 bits per heavy atom. The molecule has 7 nitrogen and oxygen atoms in total. The van der Waals surface area contributed by atoms with E-state index < -0.39 is 0 Å². The first-order valence-corrected chi connectivity index (χ1v) is 9.93. The first-order chi connectivity index (χ1) is 12.7. The van der Waals surface area contributed by atoms with Crippen LogP contribution in [0.4, 0.5) is 15.6 Å². The summed E-state index contributed by atoms with van der Waals surface area (Å²) in [5, 5.41) is 6.89. The second-order valence-corrected chi connectivity index (χ2v) is 7.73. The number of aromatic nitrogens is 1. The number of amides is 2. The molecular formula is C18H24N4O3S. The molecule has 2 N–H and O–H groups in total. The monoisotopic (exact) mass is 376 g/mol. The van der Waals surface area contributed by atoms with Gasteiger partial charge in [0.1, 0.15) is 0 Å². The van der Waals surface area contributed by atoms with Gasteiger partial charge in [-0.05, 0) is 38.0 Å². The summed E-state index contributed by atoms with van der Waals surface area (Å²) in [4.78, 5) is 19.2. The number of hydrogen-bond donors (Lipinski definition) is 2. The van der Waals surface area contributed by atoms with E-state index in [0.29, 0.717) is 0 Å². The fraction of sp³-hybridized carbons (Fsp3) is 0.556. The molecule has 1 aromatic heterocycles. The topological polar surface area (TPSA) is 75.7 Å². The molecule has 2 aliphatic heterocycles. The predicted molar refractivity (Wildman–Crippen MR) is 103 cm³/mol. The normalized spacial score (nSPS) is 21.7. The van der Waals surface area contributed by atoms with Crippen molar-refractivity contribution in [2.45, 2.75) is 31.9 Å². The highest BCUT2D eigenvalue weighted by molar-refractivity contribution is 7.22. The number of carbonyl (C=O) groups excluding carboxylic acids is 1. The fourth-order valence-electron chi connectivity index (χ4n) is 3.34. The molecule has 2 saturated heterocycles. The van der Waals surface area contributed by atoms with E-state index in [-0.39, 0.29) is 18.2 Å². The Morgan fingerprint density at radius 2 is 2.19 bits per heavy atom. The van der Waals surface area contributed by atoms with Crippen molar-refractivity contribution in [2.24, 2.45) is 0 Å². The molecule has 2 amide bonds. The van der Waals surface area contributed by atoms with E-state index in [4.69, 9.17) is 14.5 Å². The van der Waals surface area contributed by atoms with E-state index in [1.807, 2.05) is 25.1 Å². The smallest absolute Gasteiger partial charge is 0.319 e. The number of urea groups is 1. The van der Waals surface area contributed by atoms with Crippen LogP contribution in [0.25, 0.3) is 10.2 Å². The molecule has 2 atom stereocenters. The molecule has 8 heteroatoms. The third-order valence-electron chi connectivity index (χ3n) is 4.80. The van der Waals surface area contributed by atoms with Crippen molar-refractivity contribution < 1.29 is 14.3 Å². The minimum Gasteiger partial charge on any atom is -0.378 e. The third kappa shape index (κ3) is 3.92. The number of morpholine rings is 1. The van der Waals surface area contributed by atoms with E-state index in [1.54, 1.807) is 11.3 Å². The molecule has 0 saturated carbocycles. The zero-order valence-electron chi connectivity index (χ0n) is 14.9. The molecule has 2 fully saturated rings. The SMILES string of the molecule is C[C@H](NC(=O)Nc1ccc2nc(N3CCOCC3)sc2c1)[C@@H]1CCCO1. The van der Waals surface area contributed by atoms with Gasteiger partial charge in [-0.25, -0.2) is 9.78 Å². The van der Waals surface area contributed by atoms with Crippen molar-refractivity contribution in [1.82, 2.24) is 10.3 Å². The Kier molecular flexibility index (Phi) is 5.23. The molecule has 0 aliphatic carbocycles. The molecule has 2 aliphatic rings. The summed E-state index contributed by atoms with van der Waals surface area (Å²) in [6, 6.07) is 5.62. The Balaban J connectivity index is 1.40. The van der Waals surface area contributed by atoms with Gasteiger partial charge in [-0.2, -0.15) is 0 Å². The van der Waals surface area contributed by atoms with Crippen molar-refractivity contribution in [2.75, 3.05) is 43.1 Å². The molecule has 3 heterocycles. The molecule has 0 radical (unpaired) electrons. The quantitative estimate of drug-likeness (QED) is 0.858. The standard InChI is InChI=1S/C18H24N4O3S/c1-12(15-3-2-8-25-15)19-17(23)20-13-4-5-14-16(11-13)26-18(21-14)22-6-9-24-10-7-22/h4-5,11-12,15H,2-3,6-10H2,1H3,(H2,19,20,23)/t12-,15-/m0/s1. The summed E-state index contributed by atoms with van der Waals surface area (Å²) >= 11 is 1.65. The van der Waals surface area contributed by atoms with Crippen LogP contribution < -0.4 is 15.5 Å². The second-order valence-electron chi connectivity index (χ2n) is 6.72. The maximum atomic E-state index is 12.3. The molecule has 0 unspecified atom stereocenters. The highest BCUT2D eigenvalue weighted by atomic mass is 32.1. The van der Waals surface area contributed by atoms with Gasteiger partial charge in [-0.15, -0.1) is 0 Å². The van der Waals surface area contributed by atoms with Crippen LogP contribution in [-0.2, 0) is 9.47 Å². The van der Waals surface area contributed by atoms with E-state index in [1.165, 1.54) is 0 Å². The van der Waals surface area contributed by atoms with Gasteiger partial charge in [0.25, 0.3) is 0 Å². The van der Waals surface area contributed by atoms with Gasteiger partial charge in [0.2, 0.25) is 0 Å². The average molecular weight is 376 g/mol. The maximum absolute atomic E-state index is 12.3. The van der Waals surface area contributed by atoms with E-state index >= 15 is 0 Å². The van der Waals surface area contributed by atoms with E-state index in [0.717, 1.165) is 66.8 Å². The predicted octanol–water partition coefficient (Wildman–Crippen LogP) is 2.82. The number of nitrogens with one attached hydrogen (secondary N) is 2. The number of carbonyl (C=O) groups is 1. The number of thiazole rings is 1. The van der Waals surface area contributed by atoms with Crippen molar-refractivity contribution in [3.8, 4) is 0 Å². The average Bonchev–Trinajstić information content (AvgIpc) is 3.32. The van der Waals surface area contributed by atoms with Crippen LogP contribution in [0.2, 0.25) is 0 Å². The zero-order chi connectivity index (χ0) is 17.9. The fourth-order valence-corrected chi connectivity index (χ4v) is 4.40. The highest BCUT2D eigenvalue weighted by Crippen LogP contribution is 2.31.